The van der Waals surface area contributed by atoms with Gasteiger partial charge in [0.25, 0.3) is 0 Å². The van der Waals surface area contributed by atoms with E-state index in [1.54, 1.807) is 26.8 Å². The molecule has 37 heavy (non-hydrogen) atoms. The van der Waals surface area contributed by atoms with Crippen LogP contribution in [-0.4, -0.2) is 66.5 Å². The molecular weight excluding hydrogens is 491 g/mol. The van der Waals surface area contributed by atoms with E-state index in [4.69, 9.17) is 4.74 Å². The van der Waals surface area contributed by atoms with Gasteiger partial charge in [0, 0.05) is 24.4 Å². The van der Waals surface area contributed by atoms with Gasteiger partial charge in [-0.05, 0) is 46.2 Å². The van der Waals surface area contributed by atoms with Crippen molar-refractivity contribution in [3.05, 3.63) is 47.3 Å². The number of ether oxygens (including phenoxy) is 1. The van der Waals surface area contributed by atoms with Crippen LogP contribution >= 0.6 is 0 Å². The number of pyridine rings is 2. The lowest BCUT2D eigenvalue weighted by Crippen LogP contribution is -2.36. The lowest BCUT2D eigenvalue weighted by molar-refractivity contribution is 0.0283. The molecular formula is C25H30F3N5O4. The second-order valence-electron chi connectivity index (χ2n) is 10.6. The molecule has 200 valence electrons. The Morgan fingerprint density at radius 3 is 2.51 bits per heavy atom. The Kier molecular flexibility index (Phi) is 6.84. The third-order valence-electron chi connectivity index (χ3n) is 5.96. The molecule has 0 aromatic carbocycles. The molecule has 0 unspecified atom stereocenters. The van der Waals surface area contributed by atoms with Crippen LogP contribution in [0.2, 0.25) is 0 Å². The highest BCUT2D eigenvalue weighted by atomic mass is 19.1. The summed E-state index contributed by atoms with van der Waals surface area (Å²) >= 11 is 0. The van der Waals surface area contributed by atoms with Crippen molar-refractivity contribution in [2.75, 3.05) is 18.4 Å². The molecule has 1 aliphatic rings. The zero-order valence-corrected chi connectivity index (χ0v) is 21.2. The minimum absolute atomic E-state index is 0.0988. The summed E-state index contributed by atoms with van der Waals surface area (Å²) in [5, 5.41) is 22.9. The number of carbonyl (C=O) groups is 1. The summed E-state index contributed by atoms with van der Waals surface area (Å²) in [5.41, 5.74) is -1.01. The Labute approximate surface area is 211 Å². The summed E-state index contributed by atoms with van der Waals surface area (Å²) in [4.78, 5) is 21.8. The number of imidazole rings is 1. The predicted octanol–water partition coefficient (Wildman–Crippen LogP) is 3.76. The van der Waals surface area contributed by atoms with Gasteiger partial charge in [-0.1, -0.05) is 0 Å². The molecule has 1 fully saturated rings. The molecule has 3 aromatic rings. The Morgan fingerprint density at radius 2 is 1.89 bits per heavy atom. The first-order valence-corrected chi connectivity index (χ1v) is 11.8. The van der Waals surface area contributed by atoms with E-state index in [1.807, 2.05) is 0 Å². The highest BCUT2D eigenvalue weighted by Crippen LogP contribution is 2.31. The van der Waals surface area contributed by atoms with Crippen LogP contribution in [0.15, 0.2) is 24.5 Å². The number of nitrogens with zero attached hydrogens (tertiary/aromatic N) is 4. The normalized spacial score (nSPS) is 18.5. The van der Waals surface area contributed by atoms with Gasteiger partial charge in [-0.3, -0.25) is 4.40 Å². The average Bonchev–Trinajstić information content (AvgIpc) is 3.36. The van der Waals surface area contributed by atoms with E-state index < -0.39 is 41.1 Å². The molecule has 0 bridgehead atoms. The van der Waals surface area contributed by atoms with Crippen molar-refractivity contribution in [3.8, 4) is 11.4 Å². The summed E-state index contributed by atoms with van der Waals surface area (Å²) in [5.74, 6) is -2.39. The van der Waals surface area contributed by atoms with E-state index >= 15 is 0 Å². The van der Waals surface area contributed by atoms with Gasteiger partial charge in [-0.2, -0.15) is 0 Å². The van der Waals surface area contributed by atoms with Crippen LogP contribution in [0.25, 0.3) is 17.0 Å². The zero-order valence-electron chi connectivity index (χ0n) is 21.2. The van der Waals surface area contributed by atoms with Gasteiger partial charge < -0.3 is 25.2 Å². The van der Waals surface area contributed by atoms with E-state index in [0.29, 0.717) is 22.8 Å². The van der Waals surface area contributed by atoms with E-state index in [-0.39, 0.29) is 36.9 Å². The highest BCUT2D eigenvalue weighted by molar-refractivity contribution is 5.69. The minimum Gasteiger partial charge on any atom is -0.444 e. The minimum atomic E-state index is -1.54. The molecule has 0 aliphatic carbocycles. The van der Waals surface area contributed by atoms with Gasteiger partial charge in [-0.15, -0.1) is 0 Å². The number of nitrogens with one attached hydrogen (secondary N) is 1. The van der Waals surface area contributed by atoms with Crippen LogP contribution < -0.4 is 5.32 Å². The molecule has 3 aromatic heterocycles. The number of hydrogen-bond acceptors (Lipinski definition) is 7. The maximum absolute atomic E-state index is 14.9. The predicted molar refractivity (Wildman–Crippen MR) is 130 cm³/mol. The fourth-order valence-electron chi connectivity index (χ4n) is 4.22. The number of aliphatic hydroxyl groups is 2. The number of amides is 1. The van der Waals surface area contributed by atoms with Crippen molar-refractivity contribution < 1.29 is 32.9 Å². The van der Waals surface area contributed by atoms with Crippen molar-refractivity contribution in [2.24, 2.45) is 0 Å². The number of aromatic nitrogens is 3. The summed E-state index contributed by atoms with van der Waals surface area (Å²) in [6.07, 6.45) is 0.608. The van der Waals surface area contributed by atoms with Gasteiger partial charge in [0.05, 0.1) is 36.7 Å². The molecule has 1 amide bonds. The highest BCUT2D eigenvalue weighted by Gasteiger charge is 2.38. The number of alkyl halides is 1. The van der Waals surface area contributed by atoms with Gasteiger partial charge in [0.15, 0.2) is 17.5 Å². The smallest absolute Gasteiger partial charge is 0.410 e. The fraction of sp³-hybridized carbons (Fsp3) is 0.480. The lowest BCUT2D eigenvalue weighted by atomic mass is 9.95. The number of fused-ring (bicyclic) bond motifs is 1. The first kappa shape index (κ1) is 26.7. The van der Waals surface area contributed by atoms with Gasteiger partial charge in [-0.25, -0.2) is 27.9 Å². The van der Waals surface area contributed by atoms with Crippen LogP contribution in [0.5, 0.6) is 0 Å². The molecule has 0 spiro atoms. The number of aliphatic hydroxyl groups excluding tert-OH is 1. The third kappa shape index (κ3) is 5.49. The summed E-state index contributed by atoms with van der Waals surface area (Å²) in [6.45, 7) is 7.47. The maximum Gasteiger partial charge on any atom is 0.410 e. The maximum atomic E-state index is 14.9. The summed E-state index contributed by atoms with van der Waals surface area (Å²) in [6, 6.07) is 1.19. The number of halogens is 3. The Balaban J connectivity index is 1.67. The molecule has 1 saturated heterocycles. The van der Waals surface area contributed by atoms with Crippen LogP contribution in [0.3, 0.4) is 0 Å². The monoisotopic (exact) mass is 521 g/mol. The van der Waals surface area contributed by atoms with E-state index in [1.165, 1.54) is 35.5 Å². The van der Waals surface area contributed by atoms with E-state index in [2.05, 4.69) is 15.3 Å². The average molecular weight is 522 g/mol. The van der Waals surface area contributed by atoms with Crippen LogP contribution in [-0.2, 0) is 16.9 Å². The first-order valence-electron chi connectivity index (χ1n) is 11.8. The number of anilines is 1. The molecule has 3 N–H and O–H groups in total. The molecule has 1 aliphatic heterocycles. The fourth-order valence-corrected chi connectivity index (χ4v) is 4.22. The van der Waals surface area contributed by atoms with Crippen molar-refractivity contribution in [1.82, 2.24) is 19.3 Å². The molecule has 2 atom stereocenters. The molecule has 9 nitrogen and oxygen atoms in total. The lowest BCUT2D eigenvalue weighted by Gasteiger charge is -2.24. The van der Waals surface area contributed by atoms with Gasteiger partial charge in [0.1, 0.15) is 23.1 Å². The van der Waals surface area contributed by atoms with Gasteiger partial charge >= 0.3 is 6.09 Å². The van der Waals surface area contributed by atoms with Crippen LogP contribution in [0.1, 0.15) is 45.7 Å². The second-order valence-corrected chi connectivity index (χ2v) is 10.6. The topological polar surface area (TPSA) is 112 Å². The van der Waals surface area contributed by atoms with Crippen LogP contribution in [0.4, 0.5) is 23.8 Å². The number of rotatable bonds is 5. The third-order valence-corrected chi connectivity index (χ3v) is 5.96. The van der Waals surface area contributed by atoms with Crippen molar-refractivity contribution in [2.45, 2.75) is 64.6 Å². The number of likely N-dealkylation sites (tertiary alicyclic amines) is 1. The standard InChI is InChI=1S/C25H30F3N5O4/c1-24(2,3)37-23(35)32-10-17(28)18(11-32)30-22-16(27)7-15(26)21(31-22)19-8-29-20-6-13(12-34)14(9-33(19)20)25(4,5)36/h6-9,17-18,34,36H,10-12H2,1-5H3,(H,30,31)/t17-,18-/m0/s1. The quantitative estimate of drug-likeness (QED) is 0.469. The van der Waals surface area contributed by atoms with E-state index in [9.17, 15) is 28.2 Å². The summed E-state index contributed by atoms with van der Waals surface area (Å²) < 4.78 is 51.1. The first-order chi connectivity index (χ1) is 17.2. The molecule has 12 heteroatoms. The molecule has 4 rings (SSSR count). The molecule has 0 radical (unpaired) electrons. The van der Waals surface area contributed by atoms with E-state index in [0.717, 1.165) is 0 Å². The largest absolute Gasteiger partial charge is 0.444 e. The Bertz CT molecular complexity index is 1330. The Morgan fingerprint density at radius 1 is 1.19 bits per heavy atom. The van der Waals surface area contributed by atoms with Crippen LogP contribution in [0, 0.1) is 11.6 Å². The summed E-state index contributed by atoms with van der Waals surface area (Å²) in [7, 11) is 0. The van der Waals surface area contributed by atoms with Crippen molar-refractivity contribution in [3.63, 3.8) is 0 Å². The van der Waals surface area contributed by atoms with Crippen molar-refractivity contribution >= 4 is 17.6 Å². The van der Waals surface area contributed by atoms with Gasteiger partial charge in [0.2, 0.25) is 0 Å². The molecule has 4 heterocycles. The second kappa shape index (κ2) is 9.49. The van der Waals surface area contributed by atoms with Crippen molar-refractivity contribution in [1.29, 1.82) is 0 Å². The number of hydrogen-bond donors (Lipinski definition) is 3. The number of carbonyl (C=O) groups excluding carboxylic acids is 1. The molecule has 0 saturated carbocycles. The SMILES string of the molecule is CC(C)(C)OC(=O)N1C[C@H](Nc2nc(-c3cnc4cc(CO)c(C(C)(C)O)cn34)c(F)cc2F)[C@@H](F)C1. The zero-order chi connectivity index (χ0) is 27.3. The Hall–Kier alpha value is -3.38.